The highest BCUT2D eigenvalue weighted by Gasteiger charge is 2.26. The summed E-state index contributed by atoms with van der Waals surface area (Å²) in [4.78, 5) is 13.6. The number of hydrogen-bond acceptors (Lipinski definition) is 3. The van der Waals surface area contributed by atoms with E-state index in [0.717, 1.165) is 16.8 Å². The van der Waals surface area contributed by atoms with Gasteiger partial charge in [-0.05, 0) is 54.8 Å². The van der Waals surface area contributed by atoms with Crippen molar-refractivity contribution in [3.05, 3.63) is 52.5 Å². The van der Waals surface area contributed by atoms with Gasteiger partial charge in [0.15, 0.2) is 0 Å². The summed E-state index contributed by atoms with van der Waals surface area (Å²) in [5, 5.41) is 3.04. The minimum absolute atomic E-state index is 0.157. The van der Waals surface area contributed by atoms with Crippen LogP contribution in [0.25, 0.3) is 0 Å². The van der Waals surface area contributed by atoms with E-state index in [1.165, 1.54) is 6.07 Å². The van der Waals surface area contributed by atoms with Crippen LogP contribution in [0.15, 0.2) is 41.3 Å². The van der Waals surface area contributed by atoms with Gasteiger partial charge >= 0.3 is 6.03 Å². The van der Waals surface area contributed by atoms with Crippen LogP contribution in [0.2, 0.25) is 5.02 Å². The molecule has 8 heteroatoms. The Morgan fingerprint density at radius 2 is 1.96 bits per heavy atom. The number of halogens is 1. The van der Waals surface area contributed by atoms with Crippen molar-refractivity contribution >= 4 is 39.0 Å². The van der Waals surface area contributed by atoms with Gasteiger partial charge in [0.05, 0.1) is 10.6 Å². The summed E-state index contributed by atoms with van der Waals surface area (Å²) in [5.74, 6) is 0. The Balaban J connectivity index is 1.92. The van der Waals surface area contributed by atoms with Gasteiger partial charge in [-0.25, -0.2) is 13.2 Å². The van der Waals surface area contributed by atoms with E-state index < -0.39 is 10.0 Å². The summed E-state index contributed by atoms with van der Waals surface area (Å²) in [6.45, 7) is 2.33. The standard InChI is InChI=1S/C17H18ClN3O3S/c1-11-3-4-13(18)10-15(11)20-25(23,24)14-5-6-16-12(9-14)7-8-21(16)17(22)19-2/h3-6,9-10,20H,7-8H2,1-2H3,(H,19,22). The van der Waals surface area contributed by atoms with Gasteiger partial charge in [-0.2, -0.15) is 0 Å². The van der Waals surface area contributed by atoms with Crippen LogP contribution in [0.3, 0.4) is 0 Å². The summed E-state index contributed by atoms with van der Waals surface area (Å²) in [5.41, 5.74) is 2.78. The molecule has 2 aromatic carbocycles. The first-order valence-electron chi connectivity index (χ1n) is 7.73. The van der Waals surface area contributed by atoms with Gasteiger partial charge in [-0.3, -0.25) is 9.62 Å². The van der Waals surface area contributed by atoms with Crippen LogP contribution in [0, 0.1) is 6.92 Å². The minimum Gasteiger partial charge on any atom is -0.341 e. The predicted molar refractivity (Wildman–Crippen MR) is 98.9 cm³/mol. The maximum absolute atomic E-state index is 12.7. The van der Waals surface area contributed by atoms with Gasteiger partial charge in [0, 0.05) is 24.3 Å². The zero-order valence-electron chi connectivity index (χ0n) is 13.8. The van der Waals surface area contributed by atoms with Crippen LogP contribution in [0.4, 0.5) is 16.2 Å². The van der Waals surface area contributed by atoms with Crippen molar-refractivity contribution in [2.24, 2.45) is 0 Å². The zero-order valence-corrected chi connectivity index (χ0v) is 15.4. The monoisotopic (exact) mass is 379 g/mol. The van der Waals surface area contributed by atoms with E-state index in [4.69, 9.17) is 11.6 Å². The number of sulfonamides is 1. The van der Waals surface area contributed by atoms with Crippen molar-refractivity contribution < 1.29 is 13.2 Å². The Hall–Kier alpha value is -2.25. The molecule has 0 unspecified atom stereocenters. The van der Waals surface area contributed by atoms with Gasteiger partial charge in [0.2, 0.25) is 0 Å². The SMILES string of the molecule is CNC(=O)N1CCc2cc(S(=O)(=O)Nc3cc(Cl)ccc3C)ccc21. The molecule has 0 atom stereocenters. The quantitative estimate of drug-likeness (QED) is 0.859. The molecule has 1 aliphatic rings. The Morgan fingerprint density at radius 1 is 1.20 bits per heavy atom. The summed E-state index contributed by atoms with van der Waals surface area (Å²) in [6.07, 6.45) is 0.613. The first-order valence-corrected chi connectivity index (χ1v) is 9.59. The molecular formula is C17H18ClN3O3S. The van der Waals surface area contributed by atoms with Crippen LogP contribution < -0.4 is 14.9 Å². The van der Waals surface area contributed by atoms with E-state index in [1.54, 1.807) is 49.2 Å². The second kappa shape index (κ2) is 6.57. The van der Waals surface area contributed by atoms with E-state index in [2.05, 4.69) is 10.0 Å². The van der Waals surface area contributed by atoms with Crippen molar-refractivity contribution in [3.8, 4) is 0 Å². The number of nitrogens with zero attached hydrogens (tertiary/aromatic N) is 1. The molecule has 0 radical (unpaired) electrons. The molecule has 2 N–H and O–H groups in total. The molecule has 2 amide bonds. The largest absolute Gasteiger partial charge is 0.341 e. The van der Waals surface area contributed by atoms with Crippen molar-refractivity contribution in [3.63, 3.8) is 0 Å². The van der Waals surface area contributed by atoms with Crippen molar-refractivity contribution in [1.82, 2.24) is 5.32 Å². The number of fused-ring (bicyclic) bond motifs is 1. The topological polar surface area (TPSA) is 78.5 Å². The molecule has 6 nitrogen and oxygen atoms in total. The molecule has 0 saturated heterocycles. The van der Waals surface area contributed by atoms with Gasteiger partial charge in [-0.15, -0.1) is 0 Å². The summed E-state index contributed by atoms with van der Waals surface area (Å²) < 4.78 is 28.0. The number of carbonyl (C=O) groups is 1. The molecular weight excluding hydrogens is 362 g/mol. The number of carbonyl (C=O) groups excluding carboxylic acids is 1. The van der Waals surface area contributed by atoms with E-state index in [-0.39, 0.29) is 10.9 Å². The molecule has 1 heterocycles. The smallest absolute Gasteiger partial charge is 0.321 e. The third-order valence-corrected chi connectivity index (χ3v) is 5.76. The second-order valence-electron chi connectivity index (χ2n) is 5.81. The molecule has 0 spiro atoms. The van der Waals surface area contributed by atoms with Crippen LogP contribution in [0.5, 0.6) is 0 Å². The fourth-order valence-electron chi connectivity index (χ4n) is 2.80. The Bertz CT molecular complexity index is 944. The first-order chi connectivity index (χ1) is 11.8. The summed E-state index contributed by atoms with van der Waals surface area (Å²) in [6, 6.07) is 9.61. The van der Waals surface area contributed by atoms with Crippen molar-refractivity contribution in [1.29, 1.82) is 0 Å². The van der Waals surface area contributed by atoms with Gasteiger partial charge < -0.3 is 5.32 Å². The first kappa shape index (κ1) is 17.6. The molecule has 0 bridgehead atoms. The molecule has 0 saturated carbocycles. The Labute approximate surface area is 151 Å². The highest BCUT2D eigenvalue weighted by molar-refractivity contribution is 7.92. The van der Waals surface area contributed by atoms with Crippen LogP contribution in [-0.2, 0) is 16.4 Å². The molecule has 25 heavy (non-hydrogen) atoms. The van der Waals surface area contributed by atoms with E-state index >= 15 is 0 Å². The number of nitrogens with one attached hydrogen (secondary N) is 2. The van der Waals surface area contributed by atoms with Crippen LogP contribution in [0.1, 0.15) is 11.1 Å². The fourth-order valence-corrected chi connectivity index (χ4v) is 4.14. The molecule has 3 rings (SSSR count). The number of benzene rings is 2. The second-order valence-corrected chi connectivity index (χ2v) is 7.93. The minimum atomic E-state index is -3.75. The third-order valence-electron chi connectivity index (χ3n) is 4.16. The number of hydrogen-bond donors (Lipinski definition) is 2. The van der Waals surface area contributed by atoms with Gasteiger partial charge in [0.25, 0.3) is 10.0 Å². The average molecular weight is 380 g/mol. The molecule has 132 valence electrons. The molecule has 0 aromatic heterocycles. The van der Waals surface area contributed by atoms with Crippen LogP contribution in [-0.4, -0.2) is 28.0 Å². The number of anilines is 2. The molecule has 1 aliphatic heterocycles. The number of amides is 2. The zero-order chi connectivity index (χ0) is 18.2. The average Bonchev–Trinajstić information content (AvgIpc) is 3.00. The van der Waals surface area contributed by atoms with Crippen LogP contribution >= 0.6 is 11.6 Å². The molecule has 2 aromatic rings. The maximum Gasteiger partial charge on any atom is 0.321 e. The number of aryl methyl sites for hydroxylation is 1. The highest BCUT2D eigenvalue weighted by atomic mass is 35.5. The Morgan fingerprint density at radius 3 is 2.68 bits per heavy atom. The maximum atomic E-state index is 12.7. The summed E-state index contributed by atoms with van der Waals surface area (Å²) >= 11 is 5.95. The number of urea groups is 1. The lowest BCUT2D eigenvalue weighted by Gasteiger charge is -2.17. The van der Waals surface area contributed by atoms with Gasteiger partial charge in [-0.1, -0.05) is 17.7 Å². The lowest BCUT2D eigenvalue weighted by atomic mass is 10.2. The van der Waals surface area contributed by atoms with E-state index in [9.17, 15) is 13.2 Å². The fraction of sp³-hybridized carbons (Fsp3) is 0.235. The highest BCUT2D eigenvalue weighted by Crippen LogP contribution is 2.31. The lowest BCUT2D eigenvalue weighted by molar-refractivity contribution is 0.248. The molecule has 0 fully saturated rings. The number of rotatable bonds is 3. The summed E-state index contributed by atoms with van der Waals surface area (Å²) in [7, 11) is -2.18. The molecule has 0 aliphatic carbocycles. The van der Waals surface area contributed by atoms with E-state index in [0.29, 0.717) is 23.7 Å². The lowest BCUT2D eigenvalue weighted by Crippen LogP contribution is -2.36. The van der Waals surface area contributed by atoms with E-state index in [1.807, 2.05) is 0 Å². The van der Waals surface area contributed by atoms with Crippen molar-refractivity contribution in [2.75, 3.05) is 23.2 Å². The van der Waals surface area contributed by atoms with Crippen molar-refractivity contribution in [2.45, 2.75) is 18.2 Å². The third kappa shape index (κ3) is 3.43. The van der Waals surface area contributed by atoms with Gasteiger partial charge in [0.1, 0.15) is 0 Å². The Kier molecular flexibility index (Phi) is 4.62. The normalized spacial score (nSPS) is 13.5. The predicted octanol–water partition coefficient (Wildman–Crippen LogP) is 3.15.